The monoisotopic (exact) mass is 357 g/mol. The summed E-state index contributed by atoms with van der Waals surface area (Å²) < 4.78 is 16.6. The van der Waals surface area contributed by atoms with Crippen molar-refractivity contribution in [2.24, 2.45) is 0 Å². The molecule has 1 aromatic carbocycles. The third-order valence-corrected chi connectivity index (χ3v) is 5.13. The van der Waals surface area contributed by atoms with E-state index in [1.807, 2.05) is 24.3 Å². The van der Waals surface area contributed by atoms with Crippen molar-refractivity contribution in [1.82, 2.24) is 15.0 Å². The molecule has 0 amide bonds. The van der Waals surface area contributed by atoms with E-state index >= 15 is 0 Å². The molecule has 0 N–H and O–H groups in total. The fourth-order valence-corrected chi connectivity index (χ4v) is 3.84. The van der Waals surface area contributed by atoms with Crippen LogP contribution in [0, 0.1) is 0 Å². The number of fused-ring (bicyclic) bond motifs is 1. The summed E-state index contributed by atoms with van der Waals surface area (Å²) in [5.41, 5.74) is 0.312. The molecule has 0 radical (unpaired) electrons. The second-order valence-corrected chi connectivity index (χ2v) is 7.05. The van der Waals surface area contributed by atoms with Crippen LogP contribution in [0.5, 0.6) is 5.75 Å². The predicted octanol–water partition coefficient (Wildman–Crippen LogP) is 2.61. The van der Waals surface area contributed by atoms with Crippen LogP contribution in [0.2, 0.25) is 0 Å². The summed E-state index contributed by atoms with van der Waals surface area (Å²) in [6.07, 6.45) is 3.11. The Morgan fingerprint density at radius 1 is 1.27 bits per heavy atom. The maximum absolute atomic E-state index is 12.6. The van der Waals surface area contributed by atoms with Gasteiger partial charge < -0.3 is 14.0 Å². The van der Waals surface area contributed by atoms with Gasteiger partial charge in [-0.1, -0.05) is 17.3 Å². The molecule has 7 heteroatoms. The molecule has 26 heavy (non-hydrogen) atoms. The van der Waals surface area contributed by atoms with Crippen LogP contribution >= 0.6 is 0 Å². The number of ketones is 1. The maximum Gasteiger partial charge on any atom is 0.240 e. The average molecular weight is 357 g/mol. The van der Waals surface area contributed by atoms with Crippen LogP contribution in [0.15, 0.2) is 28.8 Å². The Labute approximate surface area is 152 Å². The maximum atomic E-state index is 12.6. The van der Waals surface area contributed by atoms with Gasteiger partial charge in [0.15, 0.2) is 11.6 Å². The van der Waals surface area contributed by atoms with E-state index in [0.717, 1.165) is 38.1 Å². The first kappa shape index (κ1) is 17.2. The Morgan fingerprint density at radius 2 is 2.15 bits per heavy atom. The fourth-order valence-electron chi connectivity index (χ4n) is 3.84. The normalized spacial score (nSPS) is 23.5. The van der Waals surface area contributed by atoms with Crippen LogP contribution in [0.25, 0.3) is 0 Å². The summed E-state index contributed by atoms with van der Waals surface area (Å²) in [5, 5.41) is 3.91. The summed E-state index contributed by atoms with van der Waals surface area (Å²) in [6, 6.07) is 7.55. The van der Waals surface area contributed by atoms with Gasteiger partial charge in [-0.05, 0) is 31.5 Å². The molecule has 0 aliphatic carbocycles. The fraction of sp³-hybridized carbons (Fsp3) is 0.526. The molecule has 2 aromatic rings. The molecule has 1 spiro atoms. The number of para-hydroxylation sites is 1. The lowest BCUT2D eigenvalue weighted by atomic mass is 9.84. The van der Waals surface area contributed by atoms with Crippen LogP contribution < -0.4 is 4.74 Å². The third kappa shape index (κ3) is 3.50. The first-order chi connectivity index (χ1) is 12.7. The van der Waals surface area contributed by atoms with Crippen LogP contribution in [-0.2, 0) is 17.9 Å². The van der Waals surface area contributed by atoms with Crippen molar-refractivity contribution in [3.63, 3.8) is 0 Å². The smallest absolute Gasteiger partial charge is 0.240 e. The topological polar surface area (TPSA) is 77.7 Å². The summed E-state index contributed by atoms with van der Waals surface area (Å²) in [4.78, 5) is 19.2. The Bertz CT molecular complexity index is 791. The van der Waals surface area contributed by atoms with E-state index in [-0.39, 0.29) is 5.78 Å². The van der Waals surface area contributed by atoms with Crippen LogP contribution in [0.1, 0.15) is 47.8 Å². The Hall–Kier alpha value is -2.25. The zero-order valence-electron chi connectivity index (χ0n) is 14.9. The number of hydrogen-bond donors (Lipinski definition) is 0. The van der Waals surface area contributed by atoms with Crippen LogP contribution in [0.3, 0.4) is 0 Å². The predicted molar refractivity (Wildman–Crippen MR) is 92.9 cm³/mol. The van der Waals surface area contributed by atoms with Gasteiger partial charge in [0.05, 0.1) is 18.5 Å². The van der Waals surface area contributed by atoms with E-state index < -0.39 is 5.60 Å². The van der Waals surface area contributed by atoms with Gasteiger partial charge in [-0.15, -0.1) is 0 Å². The molecule has 3 heterocycles. The van der Waals surface area contributed by atoms with Crippen molar-refractivity contribution >= 4 is 5.78 Å². The standard InChI is InChI=1S/C19H23N3O4/c1-24-13-17-20-18(26-21-17)12-22-9-4-7-19(8-10-22)11-15(23)14-5-2-3-6-16(14)25-19/h2-3,5-6H,4,7-13H2,1H3. The zero-order chi connectivity index (χ0) is 18.0. The number of aromatic nitrogens is 2. The summed E-state index contributed by atoms with van der Waals surface area (Å²) in [5.74, 6) is 2.06. The SMILES string of the molecule is COCc1noc(CN2CCCC3(CC2)CC(=O)c2ccccc2O3)n1. The van der Waals surface area contributed by atoms with Gasteiger partial charge in [-0.25, -0.2) is 0 Å². The summed E-state index contributed by atoms with van der Waals surface area (Å²) >= 11 is 0. The summed E-state index contributed by atoms with van der Waals surface area (Å²) in [7, 11) is 1.61. The number of hydrogen-bond acceptors (Lipinski definition) is 7. The molecule has 1 saturated heterocycles. The number of nitrogens with zero attached hydrogens (tertiary/aromatic N) is 3. The number of Topliss-reactive ketones (excluding diaryl/α,β-unsaturated/α-hetero) is 1. The largest absolute Gasteiger partial charge is 0.486 e. The lowest BCUT2D eigenvalue weighted by Gasteiger charge is -2.37. The minimum atomic E-state index is -0.393. The van der Waals surface area contributed by atoms with Crippen molar-refractivity contribution in [2.45, 2.75) is 44.4 Å². The van der Waals surface area contributed by atoms with E-state index in [4.69, 9.17) is 14.0 Å². The minimum Gasteiger partial charge on any atom is -0.486 e. The van der Waals surface area contributed by atoms with E-state index in [2.05, 4.69) is 15.0 Å². The molecule has 1 unspecified atom stereocenters. The van der Waals surface area contributed by atoms with E-state index in [1.165, 1.54) is 0 Å². The second-order valence-electron chi connectivity index (χ2n) is 7.05. The molecule has 2 aliphatic heterocycles. The number of methoxy groups -OCH3 is 1. The number of ether oxygens (including phenoxy) is 2. The Morgan fingerprint density at radius 3 is 3.04 bits per heavy atom. The number of rotatable bonds is 4. The highest BCUT2D eigenvalue weighted by atomic mass is 16.5. The first-order valence-corrected chi connectivity index (χ1v) is 9.01. The van der Waals surface area contributed by atoms with Gasteiger partial charge in [0.2, 0.25) is 5.89 Å². The molecule has 7 nitrogen and oxygen atoms in total. The quantitative estimate of drug-likeness (QED) is 0.832. The number of carbonyl (C=O) groups is 1. The number of carbonyl (C=O) groups excluding carboxylic acids is 1. The number of benzene rings is 1. The van der Waals surface area contributed by atoms with Crippen molar-refractivity contribution in [3.05, 3.63) is 41.5 Å². The second kappa shape index (κ2) is 7.17. The Kier molecular flexibility index (Phi) is 4.74. The van der Waals surface area contributed by atoms with E-state index in [0.29, 0.717) is 36.9 Å². The van der Waals surface area contributed by atoms with Crippen LogP contribution in [0.4, 0.5) is 0 Å². The molecule has 138 valence electrons. The molecular formula is C19H23N3O4. The van der Waals surface area contributed by atoms with Gasteiger partial charge in [-0.2, -0.15) is 4.98 Å². The van der Waals surface area contributed by atoms with Gasteiger partial charge in [0.25, 0.3) is 0 Å². The van der Waals surface area contributed by atoms with Crippen molar-refractivity contribution in [1.29, 1.82) is 0 Å². The molecule has 1 atom stereocenters. The van der Waals surface area contributed by atoms with Gasteiger partial charge in [-0.3, -0.25) is 9.69 Å². The molecular weight excluding hydrogens is 334 g/mol. The van der Waals surface area contributed by atoms with Crippen LogP contribution in [-0.4, -0.2) is 46.6 Å². The van der Waals surface area contributed by atoms with Crippen molar-refractivity contribution in [2.75, 3.05) is 20.2 Å². The first-order valence-electron chi connectivity index (χ1n) is 9.01. The summed E-state index contributed by atoms with van der Waals surface area (Å²) in [6.45, 7) is 2.71. The number of likely N-dealkylation sites (tertiary alicyclic amines) is 1. The molecule has 0 bridgehead atoms. The van der Waals surface area contributed by atoms with Crippen molar-refractivity contribution in [3.8, 4) is 5.75 Å². The molecule has 4 rings (SSSR count). The van der Waals surface area contributed by atoms with Gasteiger partial charge in [0.1, 0.15) is 18.0 Å². The lowest BCUT2D eigenvalue weighted by molar-refractivity contribution is 0.0297. The lowest BCUT2D eigenvalue weighted by Crippen LogP contribution is -2.42. The van der Waals surface area contributed by atoms with E-state index in [9.17, 15) is 4.79 Å². The molecule has 0 saturated carbocycles. The minimum absolute atomic E-state index is 0.182. The molecule has 1 fully saturated rings. The third-order valence-electron chi connectivity index (χ3n) is 5.13. The van der Waals surface area contributed by atoms with Crippen molar-refractivity contribution < 1.29 is 18.8 Å². The van der Waals surface area contributed by atoms with Gasteiger partial charge in [0, 0.05) is 20.1 Å². The highest BCUT2D eigenvalue weighted by Gasteiger charge is 2.41. The molecule has 2 aliphatic rings. The zero-order valence-corrected chi connectivity index (χ0v) is 14.9. The van der Waals surface area contributed by atoms with Gasteiger partial charge >= 0.3 is 0 Å². The van der Waals surface area contributed by atoms with E-state index in [1.54, 1.807) is 7.11 Å². The molecule has 1 aromatic heterocycles. The highest BCUT2D eigenvalue weighted by Crippen LogP contribution is 2.39. The highest BCUT2D eigenvalue weighted by molar-refractivity contribution is 6.00. The average Bonchev–Trinajstić information content (AvgIpc) is 2.98. The Balaban J connectivity index is 1.42.